The van der Waals surface area contributed by atoms with Crippen LogP contribution in [-0.2, 0) is 0 Å². The van der Waals surface area contributed by atoms with Gasteiger partial charge in [0.25, 0.3) is 0 Å². The van der Waals surface area contributed by atoms with Gasteiger partial charge in [-0.3, -0.25) is 0 Å². The van der Waals surface area contributed by atoms with Gasteiger partial charge in [-0.1, -0.05) is 6.42 Å². The highest BCUT2D eigenvalue weighted by atomic mass is 32.1. The Morgan fingerprint density at radius 1 is 1.31 bits per heavy atom. The van der Waals surface area contributed by atoms with Crippen molar-refractivity contribution in [3.05, 3.63) is 16.3 Å². The summed E-state index contributed by atoms with van der Waals surface area (Å²) in [7, 11) is 0. The molecular weight excluding hydrogens is 228 g/mol. The Morgan fingerprint density at radius 3 is 2.69 bits per heavy atom. The van der Waals surface area contributed by atoms with Crippen molar-refractivity contribution in [3.8, 4) is 5.75 Å². The van der Waals surface area contributed by atoms with E-state index in [-0.39, 0.29) is 6.61 Å². The van der Waals surface area contributed by atoms with Gasteiger partial charge in [0.1, 0.15) is 10.6 Å². The fraction of sp³-hybridized carbons (Fsp3) is 0.545. The molecule has 0 saturated carbocycles. The van der Waals surface area contributed by atoms with Crippen LogP contribution in [0.1, 0.15) is 35.4 Å². The molecule has 4 nitrogen and oxygen atoms in total. The molecule has 0 bridgehead atoms. The predicted molar refractivity (Wildman–Crippen MR) is 62.3 cm³/mol. The van der Waals surface area contributed by atoms with Gasteiger partial charge in [0.2, 0.25) is 0 Å². The van der Waals surface area contributed by atoms with Crippen LogP contribution < -0.4 is 4.74 Å². The van der Waals surface area contributed by atoms with E-state index in [2.05, 4.69) is 0 Å². The molecule has 0 aromatic carbocycles. The van der Waals surface area contributed by atoms with Gasteiger partial charge in [-0.15, -0.1) is 11.3 Å². The van der Waals surface area contributed by atoms with E-state index in [1.165, 1.54) is 11.3 Å². The van der Waals surface area contributed by atoms with Crippen LogP contribution in [-0.4, -0.2) is 29.4 Å². The molecule has 1 rings (SSSR count). The van der Waals surface area contributed by atoms with E-state index in [1.807, 2.05) is 0 Å². The lowest BCUT2D eigenvalue weighted by Crippen LogP contribution is -1.97. The number of ether oxygens (including phenoxy) is 1. The highest BCUT2D eigenvalue weighted by Gasteiger charge is 2.06. The number of rotatable bonds is 8. The van der Waals surface area contributed by atoms with Crippen LogP contribution in [0, 0.1) is 0 Å². The number of aromatic carboxylic acids is 1. The van der Waals surface area contributed by atoms with Gasteiger partial charge in [0, 0.05) is 18.1 Å². The molecule has 0 saturated heterocycles. The van der Waals surface area contributed by atoms with Gasteiger partial charge < -0.3 is 14.9 Å². The third-order valence-corrected chi connectivity index (χ3v) is 3.00. The Morgan fingerprint density at radius 2 is 2.06 bits per heavy atom. The molecular formula is C11H16O4S. The number of thiophene rings is 1. The molecule has 16 heavy (non-hydrogen) atoms. The molecule has 0 aliphatic rings. The second-order valence-electron chi connectivity index (χ2n) is 3.44. The Balaban J connectivity index is 2.14. The summed E-state index contributed by atoms with van der Waals surface area (Å²) in [6.07, 6.45) is 3.79. The maximum atomic E-state index is 10.6. The quantitative estimate of drug-likeness (QED) is 0.689. The van der Waals surface area contributed by atoms with Crippen LogP contribution in [0.25, 0.3) is 0 Å². The van der Waals surface area contributed by atoms with E-state index in [9.17, 15) is 4.79 Å². The number of carboxylic acids is 1. The van der Waals surface area contributed by atoms with Gasteiger partial charge >= 0.3 is 5.97 Å². The second kappa shape index (κ2) is 7.24. The maximum absolute atomic E-state index is 10.6. The average molecular weight is 244 g/mol. The molecule has 5 heteroatoms. The van der Waals surface area contributed by atoms with Crippen LogP contribution in [0.2, 0.25) is 0 Å². The number of carbonyl (C=O) groups is 1. The predicted octanol–water partition coefficient (Wildman–Crippen LogP) is 2.38. The molecule has 1 aromatic rings. The van der Waals surface area contributed by atoms with Gasteiger partial charge in [0.05, 0.1) is 6.61 Å². The number of hydrogen-bond donors (Lipinski definition) is 2. The summed E-state index contributed by atoms with van der Waals surface area (Å²) >= 11 is 1.17. The molecule has 1 aromatic heterocycles. The van der Waals surface area contributed by atoms with Crippen molar-refractivity contribution >= 4 is 17.3 Å². The molecule has 0 atom stereocenters. The lowest BCUT2D eigenvalue weighted by Gasteiger charge is -2.02. The summed E-state index contributed by atoms with van der Waals surface area (Å²) in [5, 5.41) is 19.0. The van der Waals surface area contributed by atoms with Crippen molar-refractivity contribution in [2.24, 2.45) is 0 Å². The van der Waals surface area contributed by atoms with Crippen molar-refractivity contribution in [1.29, 1.82) is 0 Å². The first-order valence-electron chi connectivity index (χ1n) is 5.29. The number of aliphatic hydroxyl groups excluding tert-OH is 1. The maximum Gasteiger partial charge on any atom is 0.346 e. The molecule has 0 aliphatic heterocycles. The number of unbranched alkanes of at least 4 members (excludes halogenated alkanes) is 3. The fourth-order valence-corrected chi connectivity index (χ4v) is 1.93. The third-order valence-electron chi connectivity index (χ3n) is 2.11. The molecule has 1 heterocycles. The van der Waals surface area contributed by atoms with Crippen molar-refractivity contribution in [1.82, 2.24) is 0 Å². The topological polar surface area (TPSA) is 66.8 Å². The Labute approximate surface area is 98.5 Å². The SMILES string of the molecule is O=C(O)c1cc(OCCCCCCO)cs1. The largest absolute Gasteiger partial charge is 0.493 e. The zero-order chi connectivity index (χ0) is 11.8. The summed E-state index contributed by atoms with van der Waals surface area (Å²) in [5.41, 5.74) is 0. The number of hydrogen-bond acceptors (Lipinski definition) is 4. The van der Waals surface area contributed by atoms with Gasteiger partial charge in [-0.05, 0) is 19.3 Å². The highest BCUT2D eigenvalue weighted by Crippen LogP contribution is 2.21. The first kappa shape index (κ1) is 13.0. The molecule has 2 N–H and O–H groups in total. The summed E-state index contributed by atoms with van der Waals surface area (Å²) in [5.74, 6) is -0.285. The lowest BCUT2D eigenvalue weighted by molar-refractivity contribution is 0.0702. The van der Waals surface area contributed by atoms with Gasteiger partial charge in [0.15, 0.2) is 0 Å². The minimum absolute atomic E-state index is 0.243. The fourth-order valence-electron chi connectivity index (χ4n) is 1.26. The van der Waals surface area contributed by atoms with E-state index in [0.717, 1.165) is 25.7 Å². The first-order valence-corrected chi connectivity index (χ1v) is 6.17. The number of aliphatic hydroxyl groups is 1. The van der Waals surface area contributed by atoms with Crippen molar-refractivity contribution in [2.75, 3.05) is 13.2 Å². The Hall–Kier alpha value is -1.07. The molecule has 0 aliphatic carbocycles. The summed E-state index contributed by atoms with van der Waals surface area (Å²) in [4.78, 5) is 10.9. The first-order chi connectivity index (χ1) is 7.74. The van der Waals surface area contributed by atoms with Crippen LogP contribution >= 0.6 is 11.3 Å². The molecule has 0 amide bonds. The Bertz CT molecular complexity index is 322. The smallest absolute Gasteiger partial charge is 0.346 e. The van der Waals surface area contributed by atoms with Crippen LogP contribution in [0.3, 0.4) is 0 Å². The summed E-state index contributed by atoms with van der Waals surface area (Å²) in [6.45, 7) is 0.842. The zero-order valence-corrected chi connectivity index (χ0v) is 9.83. The standard InChI is InChI=1S/C11H16O4S/c12-5-3-1-2-4-6-15-9-7-10(11(13)14)16-8-9/h7-8,12H,1-6H2,(H,13,14). The monoisotopic (exact) mass is 244 g/mol. The third kappa shape index (κ3) is 4.63. The summed E-state index contributed by atoms with van der Waals surface area (Å²) in [6, 6.07) is 1.54. The van der Waals surface area contributed by atoms with Crippen molar-refractivity contribution < 1.29 is 19.7 Å². The lowest BCUT2D eigenvalue weighted by atomic mass is 10.2. The van der Waals surface area contributed by atoms with Crippen molar-refractivity contribution in [3.63, 3.8) is 0 Å². The molecule has 0 unspecified atom stereocenters. The normalized spacial score (nSPS) is 10.3. The number of carboxylic acid groups (broad SMARTS) is 1. The van der Waals surface area contributed by atoms with E-state index >= 15 is 0 Å². The molecule has 0 radical (unpaired) electrons. The Kier molecular flexibility index (Phi) is 5.88. The highest BCUT2D eigenvalue weighted by molar-refractivity contribution is 7.12. The van der Waals surface area contributed by atoms with E-state index in [4.69, 9.17) is 14.9 Å². The van der Waals surface area contributed by atoms with Crippen LogP contribution in [0.4, 0.5) is 0 Å². The minimum Gasteiger partial charge on any atom is -0.493 e. The second-order valence-corrected chi connectivity index (χ2v) is 4.35. The summed E-state index contributed by atoms with van der Waals surface area (Å²) < 4.78 is 5.40. The minimum atomic E-state index is -0.914. The molecule has 0 spiro atoms. The molecule has 0 fully saturated rings. The van der Waals surface area contributed by atoms with Crippen molar-refractivity contribution in [2.45, 2.75) is 25.7 Å². The van der Waals surface area contributed by atoms with E-state index in [1.54, 1.807) is 11.4 Å². The van der Waals surface area contributed by atoms with Crippen LogP contribution in [0.15, 0.2) is 11.4 Å². The van der Waals surface area contributed by atoms with Crippen LogP contribution in [0.5, 0.6) is 5.75 Å². The molecule has 90 valence electrons. The van der Waals surface area contributed by atoms with E-state index in [0.29, 0.717) is 17.2 Å². The van der Waals surface area contributed by atoms with Gasteiger partial charge in [-0.2, -0.15) is 0 Å². The average Bonchev–Trinajstić information content (AvgIpc) is 2.72. The van der Waals surface area contributed by atoms with Gasteiger partial charge in [-0.25, -0.2) is 4.79 Å². The zero-order valence-electron chi connectivity index (χ0n) is 9.02. The van der Waals surface area contributed by atoms with E-state index < -0.39 is 5.97 Å².